The number of methoxy groups -OCH3 is 1. The normalized spacial score (nSPS) is 10.9. The lowest BCUT2D eigenvalue weighted by molar-refractivity contribution is -0.116. The van der Waals surface area contributed by atoms with Gasteiger partial charge in [0.2, 0.25) is 5.91 Å². The number of likely N-dealkylation sites (N-methyl/N-ethyl adjacent to an activating group) is 1. The van der Waals surface area contributed by atoms with E-state index in [9.17, 15) is 4.79 Å². The molecule has 1 aromatic heterocycles. The second-order valence-electron chi connectivity index (χ2n) is 6.29. The highest BCUT2D eigenvalue weighted by atomic mass is 16.5. The Morgan fingerprint density at radius 1 is 1.00 bits per heavy atom. The maximum Gasteiger partial charge on any atom is 0.246 e. The first-order chi connectivity index (χ1) is 13.2. The van der Waals surface area contributed by atoms with Gasteiger partial charge in [-0.25, -0.2) is 0 Å². The van der Waals surface area contributed by atoms with Gasteiger partial charge in [-0.2, -0.15) is 0 Å². The highest BCUT2D eigenvalue weighted by Gasteiger charge is 2.15. The predicted octanol–water partition coefficient (Wildman–Crippen LogP) is 4.67. The van der Waals surface area contributed by atoms with Crippen LogP contribution in [0.2, 0.25) is 0 Å². The average molecular weight is 360 g/mol. The van der Waals surface area contributed by atoms with Crippen LogP contribution in [-0.4, -0.2) is 26.6 Å². The molecule has 5 nitrogen and oxygen atoms in total. The Balaban J connectivity index is 1.59. The summed E-state index contributed by atoms with van der Waals surface area (Å²) in [5.41, 5.74) is 3.15. The second kappa shape index (κ2) is 7.03. The molecule has 0 fully saturated rings. The largest absolute Gasteiger partial charge is 0.495 e. The van der Waals surface area contributed by atoms with Crippen LogP contribution in [0.1, 0.15) is 0 Å². The molecule has 0 unspecified atom stereocenters. The molecule has 0 bridgehead atoms. The van der Waals surface area contributed by atoms with Crippen molar-refractivity contribution in [3.8, 4) is 5.75 Å². The van der Waals surface area contributed by atoms with Crippen LogP contribution >= 0.6 is 0 Å². The summed E-state index contributed by atoms with van der Waals surface area (Å²) in [6, 6.07) is 21.2. The molecule has 0 radical (unpaired) electrons. The number of fused-ring (bicyclic) bond motifs is 3. The molecule has 0 atom stereocenters. The van der Waals surface area contributed by atoms with Gasteiger partial charge in [0.25, 0.3) is 0 Å². The monoisotopic (exact) mass is 360 g/mol. The fraction of sp³-hybridized carbons (Fsp3) is 0.136. The lowest BCUT2D eigenvalue weighted by Gasteiger charge is -2.18. The van der Waals surface area contributed by atoms with E-state index in [0.29, 0.717) is 5.75 Å². The number of para-hydroxylation sites is 2. The molecule has 27 heavy (non-hydrogen) atoms. The highest BCUT2D eigenvalue weighted by molar-refractivity contribution is 6.07. The molecule has 1 N–H and O–H groups in total. The van der Waals surface area contributed by atoms with Crippen molar-refractivity contribution in [2.75, 3.05) is 30.9 Å². The molecular weight excluding hydrogens is 340 g/mol. The van der Waals surface area contributed by atoms with E-state index in [1.54, 1.807) is 19.1 Å². The molecule has 3 aromatic carbocycles. The second-order valence-corrected chi connectivity index (χ2v) is 6.29. The molecule has 136 valence electrons. The van der Waals surface area contributed by atoms with E-state index in [1.165, 1.54) is 0 Å². The number of hydrogen-bond donors (Lipinski definition) is 1. The van der Waals surface area contributed by atoms with E-state index < -0.39 is 0 Å². The number of carbonyl (C=O) groups excluding carboxylic acids is 1. The van der Waals surface area contributed by atoms with Crippen molar-refractivity contribution < 1.29 is 13.9 Å². The lowest BCUT2D eigenvalue weighted by Crippen LogP contribution is -2.32. The van der Waals surface area contributed by atoms with E-state index >= 15 is 0 Å². The van der Waals surface area contributed by atoms with Crippen molar-refractivity contribution in [1.29, 1.82) is 0 Å². The van der Waals surface area contributed by atoms with Gasteiger partial charge < -0.3 is 19.4 Å². The van der Waals surface area contributed by atoms with Crippen molar-refractivity contribution in [3.05, 3.63) is 66.7 Å². The average Bonchev–Trinajstić information content (AvgIpc) is 3.08. The fourth-order valence-electron chi connectivity index (χ4n) is 3.14. The number of nitrogens with zero attached hydrogens (tertiary/aromatic N) is 1. The Kier molecular flexibility index (Phi) is 4.42. The Bertz CT molecular complexity index is 1100. The number of rotatable bonds is 5. The SMILES string of the molecule is COc1cc2c(cc1NCC(=O)N(C)c1ccccc1)oc1ccccc12. The summed E-state index contributed by atoms with van der Waals surface area (Å²) < 4.78 is 11.4. The van der Waals surface area contributed by atoms with E-state index in [2.05, 4.69) is 5.32 Å². The summed E-state index contributed by atoms with van der Waals surface area (Å²) in [5, 5.41) is 5.20. The number of furan rings is 1. The van der Waals surface area contributed by atoms with Crippen molar-refractivity contribution >= 4 is 39.2 Å². The molecule has 0 aliphatic carbocycles. The Hall–Kier alpha value is -3.47. The number of benzene rings is 3. The Labute approximate surface area is 157 Å². The van der Waals surface area contributed by atoms with Crippen LogP contribution in [0.25, 0.3) is 21.9 Å². The quantitative estimate of drug-likeness (QED) is 0.562. The summed E-state index contributed by atoms with van der Waals surface area (Å²) in [6.07, 6.45) is 0. The third-order valence-corrected chi connectivity index (χ3v) is 4.65. The Morgan fingerprint density at radius 2 is 1.74 bits per heavy atom. The number of nitrogens with one attached hydrogen (secondary N) is 1. The van der Waals surface area contributed by atoms with E-state index in [0.717, 1.165) is 33.3 Å². The van der Waals surface area contributed by atoms with Gasteiger partial charge in [0.1, 0.15) is 16.9 Å². The number of anilines is 2. The topological polar surface area (TPSA) is 54.7 Å². The highest BCUT2D eigenvalue weighted by Crippen LogP contribution is 2.36. The van der Waals surface area contributed by atoms with Gasteiger partial charge >= 0.3 is 0 Å². The zero-order valence-corrected chi connectivity index (χ0v) is 15.2. The molecule has 4 rings (SSSR count). The first-order valence-electron chi connectivity index (χ1n) is 8.72. The van der Waals surface area contributed by atoms with Gasteiger partial charge in [0.15, 0.2) is 0 Å². The molecule has 0 aliphatic rings. The molecule has 0 spiro atoms. The van der Waals surface area contributed by atoms with Crippen molar-refractivity contribution in [3.63, 3.8) is 0 Å². The number of hydrogen-bond acceptors (Lipinski definition) is 4. The lowest BCUT2D eigenvalue weighted by atomic mass is 10.1. The molecule has 0 aliphatic heterocycles. The summed E-state index contributed by atoms with van der Waals surface area (Å²) in [7, 11) is 3.38. The summed E-state index contributed by atoms with van der Waals surface area (Å²) in [5.74, 6) is 0.622. The van der Waals surface area contributed by atoms with Gasteiger partial charge in [-0.15, -0.1) is 0 Å². The van der Waals surface area contributed by atoms with Crippen molar-refractivity contribution in [1.82, 2.24) is 0 Å². The maximum absolute atomic E-state index is 12.5. The molecule has 0 saturated heterocycles. The maximum atomic E-state index is 12.5. The molecule has 5 heteroatoms. The van der Waals surface area contributed by atoms with Gasteiger partial charge in [0.05, 0.1) is 19.3 Å². The van der Waals surface area contributed by atoms with E-state index in [-0.39, 0.29) is 12.5 Å². The zero-order valence-electron chi connectivity index (χ0n) is 15.2. The molecule has 0 saturated carbocycles. The van der Waals surface area contributed by atoms with Crippen molar-refractivity contribution in [2.45, 2.75) is 0 Å². The smallest absolute Gasteiger partial charge is 0.246 e. The molecule has 1 amide bonds. The van der Waals surface area contributed by atoms with Crippen LogP contribution in [0.4, 0.5) is 11.4 Å². The minimum Gasteiger partial charge on any atom is -0.495 e. The van der Waals surface area contributed by atoms with Crippen LogP contribution in [0.3, 0.4) is 0 Å². The van der Waals surface area contributed by atoms with Crippen LogP contribution in [0.5, 0.6) is 5.75 Å². The van der Waals surface area contributed by atoms with Crippen LogP contribution < -0.4 is 15.0 Å². The third kappa shape index (κ3) is 3.19. The summed E-state index contributed by atoms with van der Waals surface area (Å²) in [6.45, 7) is 0.146. The van der Waals surface area contributed by atoms with Gasteiger partial charge in [-0.05, 0) is 24.3 Å². The van der Waals surface area contributed by atoms with Crippen LogP contribution in [0, 0.1) is 0 Å². The van der Waals surface area contributed by atoms with Crippen molar-refractivity contribution in [2.24, 2.45) is 0 Å². The van der Waals surface area contributed by atoms with Gasteiger partial charge in [-0.3, -0.25) is 4.79 Å². The van der Waals surface area contributed by atoms with E-state index in [1.807, 2.05) is 66.7 Å². The number of ether oxygens (including phenoxy) is 1. The molecule has 1 heterocycles. The fourth-order valence-corrected chi connectivity index (χ4v) is 3.14. The zero-order chi connectivity index (χ0) is 18.8. The van der Waals surface area contributed by atoms with Crippen LogP contribution in [-0.2, 0) is 4.79 Å². The molecular formula is C22H20N2O3. The van der Waals surface area contributed by atoms with Gasteiger partial charge in [-0.1, -0.05) is 36.4 Å². The first kappa shape index (κ1) is 17.0. The van der Waals surface area contributed by atoms with Crippen LogP contribution in [0.15, 0.2) is 71.1 Å². The summed E-state index contributed by atoms with van der Waals surface area (Å²) >= 11 is 0. The first-order valence-corrected chi connectivity index (χ1v) is 8.72. The standard InChI is InChI=1S/C22H20N2O3/c1-24(15-8-4-3-5-9-15)22(25)14-23-18-13-20-17(12-21(18)26-2)16-10-6-7-11-19(16)27-20/h3-13,23H,14H2,1-2H3. The minimum atomic E-state index is -0.0482. The minimum absolute atomic E-state index is 0.0482. The van der Waals surface area contributed by atoms with Gasteiger partial charge in [0, 0.05) is 29.6 Å². The number of carbonyl (C=O) groups is 1. The summed E-state index contributed by atoms with van der Waals surface area (Å²) in [4.78, 5) is 14.1. The predicted molar refractivity (Wildman–Crippen MR) is 109 cm³/mol. The third-order valence-electron chi connectivity index (χ3n) is 4.65. The molecule has 4 aromatic rings. The number of amides is 1. The van der Waals surface area contributed by atoms with E-state index in [4.69, 9.17) is 9.15 Å². The Morgan fingerprint density at radius 3 is 2.52 bits per heavy atom.